The molecule has 5 heteroatoms. The van der Waals surface area contributed by atoms with Crippen LogP contribution in [-0.2, 0) is 6.18 Å². The van der Waals surface area contributed by atoms with E-state index in [0.717, 1.165) is 38.7 Å². The molecule has 1 nitrogen and oxygen atoms in total. The molecule has 0 saturated carbocycles. The van der Waals surface area contributed by atoms with Crippen molar-refractivity contribution < 1.29 is 13.2 Å². The predicted octanol–water partition coefficient (Wildman–Crippen LogP) is 5.81. The second-order valence-corrected chi connectivity index (χ2v) is 5.77. The minimum absolute atomic E-state index is 0.633. The van der Waals surface area contributed by atoms with Crippen molar-refractivity contribution in [1.29, 1.82) is 0 Å². The van der Waals surface area contributed by atoms with Gasteiger partial charge in [-0.1, -0.05) is 11.8 Å². The molecule has 0 fully saturated rings. The smallest absolute Gasteiger partial charge is 0.265 e. The van der Waals surface area contributed by atoms with Crippen LogP contribution in [0.2, 0.25) is 0 Å². The molecule has 0 heterocycles. The highest BCUT2D eigenvalue weighted by Gasteiger charge is 2.29. The molecule has 21 heavy (non-hydrogen) atoms. The Morgan fingerprint density at radius 3 is 1.95 bits per heavy atom. The van der Waals surface area contributed by atoms with Crippen LogP contribution in [0.3, 0.4) is 0 Å². The van der Waals surface area contributed by atoms with Gasteiger partial charge in [-0.15, -0.1) is 0 Å². The van der Waals surface area contributed by atoms with E-state index >= 15 is 0 Å². The first-order valence-corrected chi connectivity index (χ1v) is 7.06. The van der Waals surface area contributed by atoms with Crippen LogP contribution in [-0.4, -0.2) is 6.72 Å². The maximum absolute atomic E-state index is 12.5. The average Bonchev–Trinajstić information content (AvgIpc) is 2.42. The molecule has 0 amide bonds. The first-order chi connectivity index (χ1) is 9.81. The molecule has 0 aliphatic carbocycles. The molecule has 0 aliphatic heterocycles. The van der Waals surface area contributed by atoms with Gasteiger partial charge >= 0.3 is 6.18 Å². The zero-order valence-electron chi connectivity index (χ0n) is 11.7. The summed E-state index contributed by atoms with van der Waals surface area (Å²) in [5.41, 5.74) is 2.22. The Kier molecular flexibility index (Phi) is 4.42. The highest BCUT2D eigenvalue weighted by molar-refractivity contribution is 7.99. The van der Waals surface area contributed by atoms with Crippen LogP contribution in [0.25, 0.3) is 0 Å². The molecule has 2 aromatic carbocycles. The number of hydrogen-bond donors (Lipinski definition) is 0. The summed E-state index contributed by atoms with van der Waals surface area (Å²) in [5.74, 6) is 0. The fraction of sp³-hybridized carbons (Fsp3) is 0.188. The molecular weight excluding hydrogens is 295 g/mol. The van der Waals surface area contributed by atoms with E-state index in [-0.39, 0.29) is 0 Å². The summed E-state index contributed by atoms with van der Waals surface area (Å²) in [6.45, 7) is 7.40. The maximum atomic E-state index is 12.5. The average molecular weight is 309 g/mol. The monoisotopic (exact) mass is 309 g/mol. The Morgan fingerprint density at radius 2 is 1.52 bits per heavy atom. The van der Waals surface area contributed by atoms with Gasteiger partial charge in [0, 0.05) is 9.79 Å². The lowest BCUT2D eigenvalue weighted by molar-refractivity contribution is -0.137. The molecule has 2 rings (SSSR count). The summed E-state index contributed by atoms with van der Waals surface area (Å²) in [5, 5.41) is 0. The van der Waals surface area contributed by atoms with Gasteiger partial charge < -0.3 is 0 Å². The van der Waals surface area contributed by atoms with E-state index in [0.29, 0.717) is 0 Å². The standard InChI is InChI=1S/C16H14F3NS/c1-10-8-13(20-3)9-11(2)15(10)21-14-6-4-12(5-7-14)16(17,18)19/h4-9H,3H2,1-2H3. The quantitative estimate of drug-likeness (QED) is 0.652. The number of aliphatic imine (C=N–C) groups is 1. The Hall–Kier alpha value is -1.75. The SMILES string of the molecule is C=Nc1cc(C)c(Sc2ccc(C(F)(F)F)cc2)c(C)c1. The topological polar surface area (TPSA) is 12.4 Å². The first kappa shape index (κ1) is 15.6. The van der Waals surface area contributed by atoms with Crippen LogP contribution in [0.1, 0.15) is 16.7 Å². The predicted molar refractivity (Wildman–Crippen MR) is 80.7 cm³/mol. The van der Waals surface area contributed by atoms with Crippen LogP contribution >= 0.6 is 11.8 Å². The summed E-state index contributed by atoms with van der Waals surface area (Å²) < 4.78 is 37.6. The van der Waals surface area contributed by atoms with Gasteiger partial charge in [0.2, 0.25) is 0 Å². The lowest BCUT2D eigenvalue weighted by Crippen LogP contribution is -2.03. The second-order valence-electron chi connectivity index (χ2n) is 4.69. The Morgan fingerprint density at radius 1 is 1.00 bits per heavy atom. The summed E-state index contributed by atoms with van der Waals surface area (Å²) in [6.07, 6.45) is -4.30. The molecule has 0 atom stereocenters. The maximum Gasteiger partial charge on any atom is 0.416 e. The third kappa shape index (κ3) is 3.67. The van der Waals surface area contributed by atoms with Crippen molar-refractivity contribution in [2.24, 2.45) is 4.99 Å². The number of aryl methyl sites for hydroxylation is 2. The van der Waals surface area contributed by atoms with Crippen LogP contribution in [0.4, 0.5) is 18.9 Å². The second kappa shape index (κ2) is 5.93. The molecule has 0 saturated heterocycles. The molecule has 110 valence electrons. The van der Waals surface area contributed by atoms with Gasteiger partial charge in [-0.3, -0.25) is 4.99 Å². The highest BCUT2D eigenvalue weighted by atomic mass is 32.2. The largest absolute Gasteiger partial charge is 0.416 e. The van der Waals surface area contributed by atoms with E-state index in [1.54, 1.807) is 0 Å². The summed E-state index contributed by atoms with van der Waals surface area (Å²) in [6, 6.07) is 9.01. The van der Waals surface area contributed by atoms with Crippen molar-refractivity contribution in [2.75, 3.05) is 0 Å². The molecule has 0 aliphatic rings. The molecular formula is C16H14F3NS. The number of nitrogens with zero attached hydrogens (tertiary/aromatic N) is 1. The van der Waals surface area contributed by atoms with Gasteiger partial charge in [0.25, 0.3) is 0 Å². The zero-order valence-corrected chi connectivity index (χ0v) is 12.5. The van der Waals surface area contributed by atoms with Crippen molar-refractivity contribution in [1.82, 2.24) is 0 Å². The minimum Gasteiger partial charge on any atom is -0.265 e. The molecule has 2 aromatic rings. The van der Waals surface area contributed by atoms with Crippen molar-refractivity contribution in [2.45, 2.75) is 29.8 Å². The molecule has 0 N–H and O–H groups in total. The van der Waals surface area contributed by atoms with E-state index in [9.17, 15) is 13.2 Å². The summed E-state index contributed by atoms with van der Waals surface area (Å²) in [4.78, 5) is 5.70. The van der Waals surface area contributed by atoms with Gasteiger partial charge in [-0.05, 0) is 68.1 Å². The molecule has 0 aromatic heterocycles. The Bertz CT molecular complexity index is 637. The van der Waals surface area contributed by atoms with Crippen molar-refractivity contribution in [3.05, 3.63) is 53.1 Å². The van der Waals surface area contributed by atoms with Crippen molar-refractivity contribution >= 4 is 24.2 Å². The Balaban J connectivity index is 2.28. The highest BCUT2D eigenvalue weighted by Crippen LogP contribution is 2.37. The van der Waals surface area contributed by atoms with Crippen LogP contribution in [0.5, 0.6) is 0 Å². The third-order valence-electron chi connectivity index (χ3n) is 3.03. The molecule has 0 spiro atoms. The van der Waals surface area contributed by atoms with Gasteiger partial charge in [-0.2, -0.15) is 13.2 Å². The molecule has 0 radical (unpaired) electrons. The van der Waals surface area contributed by atoms with E-state index in [1.807, 2.05) is 26.0 Å². The fourth-order valence-electron chi connectivity index (χ4n) is 2.01. The molecule has 0 unspecified atom stereocenters. The van der Waals surface area contributed by atoms with Gasteiger partial charge in [-0.25, -0.2) is 0 Å². The summed E-state index contributed by atoms with van der Waals surface area (Å²) in [7, 11) is 0. The Labute approximate surface area is 125 Å². The van der Waals surface area contributed by atoms with Crippen molar-refractivity contribution in [3.8, 4) is 0 Å². The number of hydrogen-bond acceptors (Lipinski definition) is 2. The number of alkyl halides is 3. The van der Waals surface area contributed by atoms with Gasteiger partial charge in [0.05, 0.1) is 11.3 Å². The molecule has 0 bridgehead atoms. The zero-order chi connectivity index (χ0) is 15.6. The van der Waals surface area contributed by atoms with E-state index in [4.69, 9.17) is 0 Å². The lowest BCUT2D eigenvalue weighted by atomic mass is 10.1. The first-order valence-electron chi connectivity index (χ1n) is 6.24. The summed E-state index contributed by atoms with van der Waals surface area (Å²) >= 11 is 1.45. The van der Waals surface area contributed by atoms with E-state index in [1.165, 1.54) is 23.9 Å². The number of rotatable bonds is 3. The van der Waals surface area contributed by atoms with Gasteiger partial charge in [0.1, 0.15) is 0 Å². The number of halogens is 3. The van der Waals surface area contributed by atoms with Gasteiger partial charge in [0.15, 0.2) is 0 Å². The van der Waals surface area contributed by atoms with E-state index in [2.05, 4.69) is 11.7 Å². The van der Waals surface area contributed by atoms with Crippen LogP contribution < -0.4 is 0 Å². The van der Waals surface area contributed by atoms with Crippen molar-refractivity contribution in [3.63, 3.8) is 0 Å². The minimum atomic E-state index is -4.30. The fourth-order valence-corrected chi connectivity index (χ4v) is 2.96. The third-order valence-corrected chi connectivity index (χ3v) is 4.39. The van der Waals surface area contributed by atoms with E-state index < -0.39 is 11.7 Å². The number of benzene rings is 2. The normalized spacial score (nSPS) is 11.5. The van der Waals surface area contributed by atoms with Crippen LogP contribution in [0, 0.1) is 13.8 Å². The lowest BCUT2D eigenvalue weighted by Gasteiger charge is -2.11. The van der Waals surface area contributed by atoms with Crippen LogP contribution in [0.15, 0.2) is 51.2 Å².